The van der Waals surface area contributed by atoms with Gasteiger partial charge in [-0.3, -0.25) is 14.5 Å². The molecule has 58 heavy (non-hydrogen) atoms. The summed E-state index contributed by atoms with van der Waals surface area (Å²) in [7, 11) is 5.14. The third-order valence-electron chi connectivity index (χ3n) is 11.1. The van der Waals surface area contributed by atoms with E-state index in [4.69, 9.17) is 14.7 Å². The van der Waals surface area contributed by atoms with Gasteiger partial charge in [0.25, 0.3) is 5.91 Å². The van der Waals surface area contributed by atoms with Crippen LogP contribution in [0.4, 0.5) is 4.79 Å². The second kappa shape index (κ2) is 16.8. The summed E-state index contributed by atoms with van der Waals surface area (Å²) in [6.07, 6.45) is 6.36. The summed E-state index contributed by atoms with van der Waals surface area (Å²) in [6, 6.07) is 24.2. The van der Waals surface area contributed by atoms with Crippen molar-refractivity contribution < 1.29 is 19.1 Å². The second-order valence-electron chi connectivity index (χ2n) is 15.0. The number of likely N-dealkylation sites (tertiary alicyclic amines) is 2. The highest BCUT2D eigenvalue weighted by molar-refractivity contribution is 7.09. The Kier molecular flexibility index (Phi) is 11.2. The summed E-state index contributed by atoms with van der Waals surface area (Å²) >= 11 is 1.56. The van der Waals surface area contributed by atoms with Crippen molar-refractivity contribution in [3.8, 4) is 33.6 Å². The molecule has 1 unspecified atom stereocenters. The number of nitrogens with zero attached hydrogens (tertiary/aromatic N) is 6. The largest absolute Gasteiger partial charge is 0.453 e. The number of methoxy groups -OCH3 is 1. The lowest BCUT2D eigenvalue weighted by Crippen LogP contribution is -2.42. The molecule has 2 fully saturated rings. The topological polar surface area (TPSA) is 152 Å². The van der Waals surface area contributed by atoms with E-state index in [-0.39, 0.29) is 23.9 Å². The van der Waals surface area contributed by atoms with Gasteiger partial charge in [0.15, 0.2) is 0 Å². The Labute approximate surface area is 341 Å². The summed E-state index contributed by atoms with van der Waals surface area (Å²) < 4.78 is 4.83. The van der Waals surface area contributed by atoms with Crippen LogP contribution in [0.5, 0.6) is 0 Å². The van der Waals surface area contributed by atoms with Gasteiger partial charge in [-0.15, -0.1) is 11.3 Å². The maximum atomic E-state index is 13.9. The first kappa shape index (κ1) is 38.7. The molecular weight excluding hydrogens is 751 g/mol. The zero-order valence-electron chi connectivity index (χ0n) is 33.0. The summed E-state index contributed by atoms with van der Waals surface area (Å²) in [5.41, 5.74) is 7.39. The molecule has 13 nitrogen and oxygen atoms in total. The molecule has 3 aromatic heterocycles. The number of likely N-dealkylation sites (N-methyl/N-ethyl adjacent to an activating group) is 1. The van der Waals surface area contributed by atoms with Crippen LogP contribution in [0.1, 0.15) is 77.8 Å². The molecule has 0 aliphatic carbocycles. The van der Waals surface area contributed by atoms with Crippen LogP contribution >= 0.6 is 11.3 Å². The van der Waals surface area contributed by atoms with E-state index in [0.29, 0.717) is 24.5 Å². The van der Waals surface area contributed by atoms with E-state index in [1.165, 1.54) is 7.11 Å². The van der Waals surface area contributed by atoms with Gasteiger partial charge in [0.1, 0.15) is 23.7 Å². The monoisotopic (exact) mass is 797 g/mol. The zero-order chi connectivity index (χ0) is 40.3. The molecule has 3 N–H and O–H groups in total. The second-order valence-corrected chi connectivity index (χ2v) is 16.1. The molecule has 0 saturated carbocycles. The van der Waals surface area contributed by atoms with Crippen LogP contribution in [0.25, 0.3) is 33.6 Å². The number of rotatable bonds is 11. The Balaban J connectivity index is 0.929. The van der Waals surface area contributed by atoms with E-state index in [1.807, 2.05) is 78.9 Å². The third kappa shape index (κ3) is 7.89. The molecule has 5 heterocycles. The Morgan fingerprint density at radius 2 is 1.29 bits per heavy atom. The lowest BCUT2D eigenvalue weighted by Gasteiger charge is -2.30. The van der Waals surface area contributed by atoms with Gasteiger partial charge in [-0.2, -0.15) is 0 Å². The minimum Gasteiger partial charge on any atom is -0.453 e. The molecule has 3 aromatic carbocycles. The number of thiazole rings is 1. The van der Waals surface area contributed by atoms with Crippen LogP contribution in [0, 0.1) is 6.92 Å². The van der Waals surface area contributed by atoms with Gasteiger partial charge >= 0.3 is 6.09 Å². The number of hydrogen-bond donors (Lipinski definition) is 3. The number of carbonyl (C=O) groups excluding carboxylic acids is 3. The van der Waals surface area contributed by atoms with Crippen molar-refractivity contribution in [2.24, 2.45) is 0 Å². The van der Waals surface area contributed by atoms with Crippen molar-refractivity contribution in [2.75, 3.05) is 34.3 Å². The summed E-state index contributed by atoms with van der Waals surface area (Å²) in [4.78, 5) is 66.8. The molecule has 2 saturated heterocycles. The number of nitrogens with one attached hydrogen (secondary N) is 3. The number of aromatic amines is 2. The molecule has 6 aromatic rings. The van der Waals surface area contributed by atoms with Crippen molar-refractivity contribution in [1.82, 2.24) is 44.9 Å². The lowest BCUT2D eigenvalue weighted by atomic mass is 10.0. The van der Waals surface area contributed by atoms with Crippen LogP contribution in [0.3, 0.4) is 0 Å². The molecule has 0 bridgehead atoms. The standard InChI is InChI=1S/C44H47N9O4S/c1-27-47-35(26-58-27)39(51(2)3)43(55)53-23-9-13-37(53)41-46-25-34(49-41)31-20-16-29(17-21-31)28-14-18-30(19-15-28)33-24-45-40(48-33)36-12-8-22-52(36)42(54)38(50-44(56)57-4)32-10-6-5-7-11-32/h5-7,10-11,14-21,24-26,36-39H,8-9,12-13,22-23H2,1-4H3,(H,45,48)(H,46,49)(H,50,56)/t36-,37-,38+,39?/m0/s1. The highest BCUT2D eigenvalue weighted by Crippen LogP contribution is 2.37. The highest BCUT2D eigenvalue weighted by atomic mass is 32.1. The fraction of sp³-hybridized carbons (Fsp3) is 0.318. The Morgan fingerprint density at radius 3 is 1.78 bits per heavy atom. The van der Waals surface area contributed by atoms with Crippen LogP contribution in [0.2, 0.25) is 0 Å². The van der Waals surface area contributed by atoms with E-state index >= 15 is 0 Å². The number of benzene rings is 3. The van der Waals surface area contributed by atoms with Crippen molar-refractivity contribution in [1.29, 1.82) is 0 Å². The molecule has 0 radical (unpaired) electrons. The quantitative estimate of drug-likeness (QED) is 0.121. The number of aromatic nitrogens is 5. The third-order valence-corrected chi connectivity index (χ3v) is 11.9. The van der Waals surface area contributed by atoms with Crippen LogP contribution in [-0.4, -0.2) is 91.8 Å². The maximum Gasteiger partial charge on any atom is 0.407 e. The van der Waals surface area contributed by atoms with Crippen molar-refractivity contribution >= 4 is 29.2 Å². The normalized spacial score (nSPS) is 17.7. The van der Waals surface area contributed by atoms with E-state index < -0.39 is 18.2 Å². The molecule has 8 rings (SSSR count). The zero-order valence-corrected chi connectivity index (χ0v) is 33.8. The summed E-state index contributed by atoms with van der Waals surface area (Å²) in [5.74, 6) is 1.36. The predicted octanol–water partition coefficient (Wildman–Crippen LogP) is 7.63. The first-order valence-electron chi connectivity index (χ1n) is 19.6. The van der Waals surface area contributed by atoms with Crippen LogP contribution < -0.4 is 5.32 Å². The van der Waals surface area contributed by atoms with Gasteiger partial charge in [-0.1, -0.05) is 78.9 Å². The Bertz CT molecular complexity index is 2370. The summed E-state index contributed by atoms with van der Waals surface area (Å²) in [5, 5.41) is 5.65. The molecule has 4 atom stereocenters. The molecule has 298 valence electrons. The smallest absolute Gasteiger partial charge is 0.407 e. The van der Waals surface area contributed by atoms with E-state index in [9.17, 15) is 14.4 Å². The first-order valence-corrected chi connectivity index (χ1v) is 20.5. The maximum absolute atomic E-state index is 13.9. The lowest BCUT2D eigenvalue weighted by molar-refractivity contribution is -0.137. The van der Waals surface area contributed by atoms with Gasteiger partial charge in [-0.25, -0.2) is 19.7 Å². The number of aryl methyl sites for hydroxylation is 1. The van der Waals surface area contributed by atoms with Crippen molar-refractivity contribution in [2.45, 2.75) is 56.8 Å². The van der Waals surface area contributed by atoms with Gasteiger partial charge in [0.05, 0.1) is 53.7 Å². The number of H-pyrrole nitrogens is 2. The molecule has 14 heteroatoms. The van der Waals surface area contributed by atoms with Gasteiger partial charge in [-0.05, 0) is 74.5 Å². The van der Waals surface area contributed by atoms with E-state index in [1.54, 1.807) is 16.2 Å². The Morgan fingerprint density at radius 1 is 0.776 bits per heavy atom. The fourth-order valence-electron chi connectivity index (χ4n) is 8.17. The summed E-state index contributed by atoms with van der Waals surface area (Å²) in [6.45, 7) is 3.21. The van der Waals surface area contributed by atoms with Gasteiger partial charge in [0, 0.05) is 18.5 Å². The van der Waals surface area contributed by atoms with Crippen molar-refractivity contribution in [3.05, 3.63) is 125 Å². The molecule has 0 spiro atoms. The minimum atomic E-state index is -0.872. The average molecular weight is 798 g/mol. The minimum absolute atomic E-state index is 0.0510. The van der Waals surface area contributed by atoms with Crippen molar-refractivity contribution in [3.63, 3.8) is 0 Å². The first-order chi connectivity index (χ1) is 28.2. The van der Waals surface area contributed by atoms with Crippen LogP contribution in [0.15, 0.2) is 96.6 Å². The number of carbonyl (C=O) groups is 3. The highest BCUT2D eigenvalue weighted by Gasteiger charge is 2.39. The van der Waals surface area contributed by atoms with E-state index in [0.717, 1.165) is 75.9 Å². The predicted molar refractivity (Wildman–Crippen MR) is 222 cm³/mol. The van der Waals surface area contributed by atoms with E-state index in [2.05, 4.69) is 68.8 Å². The molecule has 2 aliphatic rings. The number of amides is 3. The molecule has 3 amide bonds. The average Bonchev–Trinajstić information content (AvgIpc) is 4.10. The molecule has 2 aliphatic heterocycles. The SMILES string of the molecule is COC(=O)N[C@@H](C(=O)N1CCC[C@H]1c1ncc(-c2ccc(-c3ccc(-c4cnc([C@@H]5CCCN5C(=O)C(c5csc(C)n5)N(C)C)[nH]4)cc3)cc2)[nH]1)c1ccccc1. The molecular formula is C44H47N9O4S. The number of alkyl carbamates (subject to hydrolysis) is 1. The number of ether oxygens (including phenoxy) is 1. The number of imidazole rings is 2. The van der Waals surface area contributed by atoms with Gasteiger partial charge in [0.2, 0.25) is 5.91 Å². The number of hydrogen-bond acceptors (Lipinski definition) is 9. The van der Waals surface area contributed by atoms with Gasteiger partial charge < -0.3 is 29.8 Å². The van der Waals surface area contributed by atoms with Crippen LogP contribution in [-0.2, 0) is 14.3 Å². The fourth-order valence-corrected chi connectivity index (χ4v) is 8.80. The Hall–Kier alpha value is -6.12.